The van der Waals surface area contributed by atoms with Gasteiger partial charge in [-0.05, 0) is 24.3 Å². The van der Waals surface area contributed by atoms with Gasteiger partial charge in [-0.1, -0.05) is 40.2 Å². The summed E-state index contributed by atoms with van der Waals surface area (Å²) in [5, 5.41) is 0. The van der Waals surface area contributed by atoms with Gasteiger partial charge in [-0.3, -0.25) is 9.59 Å². The molecule has 1 fully saturated rings. The molecule has 7 heteroatoms. The molecule has 2 aromatic rings. The van der Waals surface area contributed by atoms with E-state index in [1.807, 2.05) is 30.3 Å². The highest BCUT2D eigenvalue weighted by Gasteiger charge is 2.36. The van der Waals surface area contributed by atoms with E-state index < -0.39 is 17.9 Å². The Morgan fingerprint density at radius 2 is 1.93 bits per heavy atom. The number of amides is 1. The lowest BCUT2D eigenvalue weighted by Crippen LogP contribution is -2.26. The smallest absolute Gasteiger partial charge is 0.337 e. The van der Waals surface area contributed by atoms with Crippen LogP contribution in [0, 0.1) is 5.92 Å². The van der Waals surface area contributed by atoms with Crippen LogP contribution in [0.4, 0.5) is 5.69 Å². The monoisotopic (exact) mass is 431 g/mol. The van der Waals surface area contributed by atoms with Crippen molar-refractivity contribution < 1.29 is 23.9 Å². The molecule has 140 valence electrons. The predicted molar refractivity (Wildman–Crippen MR) is 102 cm³/mol. The summed E-state index contributed by atoms with van der Waals surface area (Å²) in [6.45, 7) is 0.362. The number of benzene rings is 2. The maximum absolute atomic E-state index is 12.4. The Hall–Kier alpha value is -2.67. The van der Waals surface area contributed by atoms with E-state index >= 15 is 0 Å². The molecule has 0 saturated carbocycles. The standard InChI is InChI=1S/C20H18BrNO5/c1-26-19(24)13-7-8-14(17(21)9-13)12-27-20(25)15-10-18(23)22(11-15)16-5-3-2-4-6-16/h2-9,15H,10-12H2,1H3/t15-/m0/s1. The van der Waals surface area contributed by atoms with E-state index in [4.69, 9.17) is 4.74 Å². The first kappa shape index (κ1) is 19.1. The fraction of sp³-hybridized carbons (Fsp3) is 0.250. The number of nitrogens with zero attached hydrogens (tertiary/aromatic N) is 1. The second-order valence-electron chi connectivity index (χ2n) is 6.15. The van der Waals surface area contributed by atoms with E-state index in [1.165, 1.54) is 7.11 Å². The van der Waals surface area contributed by atoms with Crippen LogP contribution in [0.15, 0.2) is 53.0 Å². The average Bonchev–Trinajstić information content (AvgIpc) is 3.08. The van der Waals surface area contributed by atoms with Crippen molar-refractivity contribution in [3.05, 3.63) is 64.1 Å². The Kier molecular flexibility index (Phi) is 5.91. The number of hydrogen-bond donors (Lipinski definition) is 0. The zero-order valence-corrected chi connectivity index (χ0v) is 16.3. The number of methoxy groups -OCH3 is 1. The van der Waals surface area contributed by atoms with Gasteiger partial charge < -0.3 is 14.4 Å². The van der Waals surface area contributed by atoms with Gasteiger partial charge in [0.05, 0.1) is 18.6 Å². The molecule has 2 aromatic carbocycles. The first-order chi connectivity index (χ1) is 13.0. The molecular formula is C20H18BrNO5. The molecule has 1 aliphatic heterocycles. The molecule has 0 spiro atoms. The third-order valence-electron chi connectivity index (χ3n) is 4.37. The van der Waals surface area contributed by atoms with E-state index in [9.17, 15) is 14.4 Å². The van der Waals surface area contributed by atoms with Gasteiger partial charge in [0.1, 0.15) is 6.61 Å². The molecule has 0 unspecified atom stereocenters. The van der Waals surface area contributed by atoms with E-state index in [-0.39, 0.29) is 18.9 Å². The van der Waals surface area contributed by atoms with Crippen LogP contribution in [0.1, 0.15) is 22.3 Å². The maximum atomic E-state index is 12.4. The summed E-state index contributed by atoms with van der Waals surface area (Å²) < 4.78 is 10.7. The number of hydrogen-bond acceptors (Lipinski definition) is 5. The molecule has 0 radical (unpaired) electrons. The van der Waals surface area contributed by atoms with Crippen molar-refractivity contribution >= 4 is 39.5 Å². The molecule has 1 heterocycles. The van der Waals surface area contributed by atoms with Crippen LogP contribution in [0.5, 0.6) is 0 Å². The topological polar surface area (TPSA) is 72.9 Å². The van der Waals surface area contributed by atoms with Gasteiger partial charge in [-0.15, -0.1) is 0 Å². The van der Waals surface area contributed by atoms with Crippen LogP contribution in [0.2, 0.25) is 0 Å². The molecule has 1 saturated heterocycles. The third-order valence-corrected chi connectivity index (χ3v) is 5.11. The van der Waals surface area contributed by atoms with Gasteiger partial charge in [0.2, 0.25) is 5.91 Å². The van der Waals surface area contributed by atoms with Crippen molar-refractivity contribution in [2.45, 2.75) is 13.0 Å². The summed E-state index contributed by atoms with van der Waals surface area (Å²) in [6.07, 6.45) is 0.135. The van der Waals surface area contributed by atoms with Crippen LogP contribution >= 0.6 is 15.9 Å². The van der Waals surface area contributed by atoms with Crippen LogP contribution < -0.4 is 4.90 Å². The minimum atomic E-state index is -0.495. The number of halogens is 1. The fourth-order valence-electron chi connectivity index (χ4n) is 2.90. The lowest BCUT2D eigenvalue weighted by atomic mass is 10.1. The fourth-order valence-corrected chi connectivity index (χ4v) is 3.39. The largest absolute Gasteiger partial charge is 0.465 e. The zero-order chi connectivity index (χ0) is 19.4. The average molecular weight is 432 g/mol. The second-order valence-corrected chi connectivity index (χ2v) is 7.00. The van der Waals surface area contributed by atoms with E-state index in [2.05, 4.69) is 20.7 Å². The Morgan fingerprint density at radius 1 is 1.19 bits per heavy atom. The number of anilines is 1. The second kappa shape index (κ2) is 8.35. The maximum Gasteiger partial charge on any atom is 0.337 e. The molecule has 1 atom stereocenters. The molecular weight excluding hydrogens is 414 g/mol. The lowest BCUT2D eigenvalue weighted by molar-refractivity contribution is -0.149. The third kappa shape index (κ3) is 4.36. The molecule has 27 heavy (non-hydrogen) atoms. The van der Waals surface area contributed by atoms with Gasteiger partial charge >= 0.3 is 11.9 Å². The highest BCUT2D eigenvalue weighted by Crippen LogP contribution is 2.26. The summed E-state index contributed by atoms with van der Waals surface area (Å²) in [5.41, 5.74) is 1.90. The number of rotatable bonds is 5. The number of esters is 2. The van der Waals surface area contributed by atoms with Gasteiger partial charge in [-0.25, -0.2) is 4.79 Å². The molecule has 1 aliphatic rings. The Balaban J connectivity index is 1.60. The van der Waals surface area contributed by atoms with E-state index in [0.717, 1.165) is 11.3 Å². The van der Waals surface area contributed by atoms with Crippen molar-refractivity contribution in [1.82, 2.24) is 0 Å². The van der Waals surface area contributed by atoms with Crippen molar-refractivity contribution in [2.75, 3.05) is 18.6 Å². The zero-order valence-electron chi connectivity index (χ0n) is 14.7. The first-order valence-corrected chi connectivity index (χ1v) is 9.17. The molecule has 0 aliphatic carbocycles. The molecule has 3 rings (SSSR count). The highest BCUT2D eigenvalue weighted by atomic mass is 79.9. The van der Waals surface area contributed by atoms with Crippen LogP contribution in [0.3, 0.4) is 0 Å². The SMILES string of the molecule is COC(=O)c1ccc(COC(=O)[C@H]2CC(=O)N(c3ccccc3)C2)c(Br)c1. The molecule has 0 N–H and O–H groups in total. The minimum Gasteiger partial charge on any atom is -0.465 e. The number of carbonyl (C=O) groups is 3. The van der Waals surface area contributed by atoms with Gasteiger partial charge in [-0.2, -0.15) is 0 Å². The molecule has 6 nitrogen and oxygen atoms in total. The summed E-state index contributed by atoms with van der Waals surface area (Å²) in [5.74, 6) is -1.44. The van der Waals surface area contributed by atoms with Gasteiger partial charge in [0, 0.05) is 28.7 Å². The van der Waals surface area contributed by atoms with Crippen molar-refractivity contribution in [1.29, 1.82) is 0 Å². The first-order valence-electron chi connectivity index (χ1n) is 8.38. The van der Waals surface area contributed by atoms with Gasteiger partial charge in [0.15, 0.2) is 0 Å². The lowest BCUT2D eigenvalue weighted by Gasteiger charge is -2.16. The Morgan fingerprint density at radius 3 is 2.59 bits per heavy atom. The van der Waals surface area contributed by atoms with Crippen LogP contribution in [0.25, 0.3) is 0 Å². The highest BCUT2D eigenvalue weighted by molar-refractivity contribution is 9.10. The normalized spacial score (nSPS) is 16.3. The van der Waals surface area contributed by atoms with E-state index in [1.54, 1.807) is 23.1 Å². The summed E-state index contributed by atoms with van der Waals surface area (Å²) in [4.78, 5) is 37.7. The summed E-state index contributed by atoms with van der Waals surface area (Å²) >= 11 is 3.37. The number of carbonyl (C=O) groups excluding carboxylic acids is 3. The summed E-state index contributed by atoms with van der Waals surface area (Å²) in [7, 11) is 1.31. The predicted octanol–water partition coefficient (Wildman–Crippen LogP) is 3.33. The molecule has 0 bridgehead atoms. The van der Waals surface area contributed by atoms with Crippen molar-refractivity contribution in [3.8, 4) is 0 Å². The number of para-hydroxylation sites is 1. The Labute approximate surface area is 165 Å². The molecule has 0 aromatic heterocycles. The molecule has 1 amide bonds. The van der Waals surface area contributed by atoms with Crippen molar-refractivity contribution in [3.63, 3.8) is 0 Å². The quantitative estimate of drug-likeness (QED) is 0.678. The van der Waals surface area contributed by atoms with Crippen LogP contribution in [-0.4, -0.2) is 31.5 Å². The number of ether oxygens (including phenoxy) is 2. The Bertz CT molecular complexity index is 868. The summed E-state index contributed by atoms with van der Waals surface area (Å²) in [6, 6.07) is 14.2. The van der Waals surface area contributed by atoms with Crippen LogP contribution in [-0.2, 0) is 25.7 Å². The minimum absolute atomic E-state index is 0.0525. The van der Waals surface area contributed by atoms with Gasteiger partial charge in [0.25, 0.3) is 0 Å². The van der Waals surface area contributed by atoms with E-state index in [0.29, 0.717) is 16.6 Å². The van der Waals surface area contributed by atoms with Crippen molar-refractivity contribution in [2.24, 2.45) is 5.92 Å².